The number of aryl methyl sites for hydroxylation is 1. The molecule has 1 unspecified atom stereocenters. The van der Waals surface area contributed by atoms with E-state index in [1.165, 1.54) is 10.9 Å². The van der Waals surface area contributed by atoms with E-state index < -0.39 is 0 Å². The van der Waals surface area contributed by atoms with Gasteiger partial charge in [-0.2, -0.15) is 5.10 Å². The molecule has 0 aliphatic rings. The van der Waals surface area contributed by atoms with Crippen molar-refractivity contribution < 1.29 is 0 Å². The summed E-state index contributed by atoms with van der Waals surface area (Å²) in [6, 6.07) is 8.89. The zero-order valence-corrected chi connectivity index (χ0v) is 12.1. The lowest BCUT2D eigenvalue weighted by atomic mass is 10.2. The van der Waals surface area contributed by atoms with E-state index in [-0.39, 0.29) is 0 Å². The van der Waals surface area contributed by atoms with E-state index in [9.17, 15) is 0 Å². The van der Waals surface area contributed by atoms with Gasteiger partial charge < -0.3 is 0 Å². The largest absolute Gasteiger partial charge is 0.297 e. The molecule has 1 atom stereocenters. The van der Waals surface area contributed by atoms with Gasteiger partial charge in [0.2, 0.25) is 0 Å². The fraction of sp³-hybridized carbons (Fsp3) is 0.462. The normalized spacial score (nSPS) is 13.5. The first-order chi connectivity index (χ1) is 8.13. The molecule has 2 rings (SSSR count). The van der Waals surface area contributed by atoms with Crippen LogP contribution in [0.1, 0.15) is 12.6 Å². The van der Waals surface area contributed by atoms with Crippen LogP contribution in [0.2, 0.25) is 0 Å². The van der Waals surface area contributed by atoms with Crippen LogP contribution in [0.25, 0.3) is 10.9 Å². The molecule has 0 saturated carbocycles. The Morgan fingerprint density at radius 3 is 2.82 bits per heavy atom. The lowest BCUT2D eigenvalue weighted by Gasteiger charge is -2.21. The predicted octanol–water partition coefficient (Wildman–Crippen LogP) is 2.79. The van der Waals surface area contributed by atoms with Crippen molar-refractivity contribution in [3.8, 4) is 0 Å². The molecule has 0 spiro atoms. The van der Waals surface area contributed by atoms with Crippen LogP contribution in [0, 0.1) is 0 Å². The fourth-order valence-electron chi connectivity index (χ4n) is 1.92. The molecular formula is C13H18BrN3. The first kappa shape index (κ1) is 12.6. The number of hydrogen-bond donors (Lipinski definition) is 0. The third kappa shape index (κ3) is 2.53. The second kappa shape index (κ2) is 5.19. The van der Waals surface area contributed by atoms with E-state index in [0.717, 1.165) is 17.6 Å². The zero-order valence-electron chi connectivity index (χ0n) is 10.5. The van der Waals surface area contributed by atoms with Gasteiger partial charge in [-0.1, -0.05) is 34.1 Å². The molecule has 0 saturated heterocycles. The van der Waals surface area contributed by atoms with Gasteiger partial charge in [-0.15, -0.1) is 0 Å². The Morgan fingerprint density at radius 1 is 1.41 bits per heavy atom. The summed E-state index contributed by atoms with van der Waals surface area (Å²) in [5, 5.41) is 6.84. The van der Waals surface area contributed by atoms with Crippen LogP contribution < -0.4 is 0 Å². The summed E-state index contributed by atoms with van der Waals surface area (Å²) in [5.74, 6) is 0. The summed E-state index contributed by atoms with van der Waals surface area (Å²) >= 11 is 3.52. The number of alkyl halides is 1. The summed E-state index contributed by atoms with van der Waals surface area (Å²) in [6.07, 6.45) is 0. The highest BCUT2D eigenvalue weighted by Gasteiger charge is 2.13. The Balaban J connectivity index is 2.30. The molecule has 17 heavy (non-hydrogen) atoms. The van der Waals surface area contributed by atoms with Crippen LogP contribution in [-0.4, -0.2) is 33.1 Å². The van der Waals surface area contributed by atoms with Gasteiger partial charge in [-0.3, -0.25) is 9.58 Å². The van der Waals surface area contributed by atoms with Crippen molar-refractivity contribution in [2.75, 3.05) is 12.4 Å². The topological polar surface area (TPSA) is 21.1 Å². The molecule has 0 aliphatic heterocycles. The molecule has 4 heteroatoms. The Bertz CT molecular complexity index is 506. The summed E-state index contributed by atoms with van der Waals surface area (Å²) < 4.78 is 1.96. The van der Waals surface area contributed by atoms with E-state index in [2.05, 4.69) is 64.2 Å². The summed E-state index contributed by atoms with van der Waals surface area (Å²) in [7, 11) is 4.13. The molecule has 0 N–H and O–H groups in total. The maximum Gasteiger partial charge on any atom is 0.0843 e. The zero-order chi connectivity index (χ0) is 12.4. The number of hydrogen-bond acceptors (Lipinski definition) is 2. The van der Waals surface area contributed by atoms with Crippen molar-refractivity contribution in [3.63, 3.8) is 0 Å². The van der Waals surface area contributed by atoms with E-state index in [4.69, 9.17) is 0 Å². The molecule has 1 aromatic heterocycles. The Hall–Kier alpha value is -0.870. The van der Waals surface area contributed by atoms with Gasteiger partial charge >= 0.3 is 0 Å². The van der Waals surface area contributed by atoms with E-state index >= 15 is 0 Å². The van der Waals surface area contributed by atoms with E-state index in [0.29, 0.717) is 6.04 Å². The van der Waals surface area contributed by atoms with Gasteiger partial charge in [0.15, 0.2) is 0 Å². The highest BCUT2D eigenvalue weighted by molar-refractivity contribution is 9.09. The van der Waals surface area contributed by atoms with Crippen molar-refractivity contribution in [2.45, 2.75) is 19.5 Å². The van der Waals surface area contributed by atoms with Gasteiger partial charge in [0.25, 0.3) is 0 Å². The van der Waals surface area contributed by atoms with Gasteiger partial charge in [0.05, 0.1) is 11.2 Å². The molecular weight excluding hydrogens is 278 g/mol. The van der Waals surface area contributed by atoms with E-state index in [1.807, 2.05) is 11.7 Å². The van der Waals surface area contributed by atoms with Crippen LogP contribution in [0.3, 0.4) is 0 Å². The fourth-order valence-corrected chi connectivity index (χ4v) is 2.41. The number of nitrogens with zero attached hydrogens (tertiary/aromatic N) is 3. The summed E-state index contributed by atoms with van der Waals surface area (Å²) in [5.41, 5.74) is 2.35. The quantitative estimate of drug-likeness (QED) is 0.809. The summed E-state index contributed by atoms with van der Waals surface area (Å²) in [6.45, 7) is 3.09. The van der Waals surface area contributed by atoms with Crippen molar-refractivity contribution in [3.05, 3.63) is 30.0 Å². The van der Waals surface area contributed by atoms with Crippen LogP contribution in [0.4, 0.5) is 0 Å². The number of fused-ring (bicyclic) bond motifs is 1. The maximum atomic E-state index is 4.61. The minimum Gasteiger partial charge on any atom is -0.297 e. The average molecular weight is 296 g/mol. The lowest BCUT2D eigenvalue weighted by molar-refractivity contribution is 0.267. The van der Waals surface area contributed by atoms with Gasteiger partial charge in [0.1, 0.15) is 0 Å². The maximum absolute atomic E-state index is 4.61. The first-order valence-electron chi connectivity index (χ1n) is 5.80. The Morgan fingerprint density at radius 2 is 2.12 bits per heavy atom. The molecule has 0 fully saturated rings. The Labute approximate surface area is 111 Å². The molecule has 0 radical (unpaired) electrons. The smallest absolute Gasteiger partial charge is 0.0843 e. The van der Waals surface area contributed by atoms with Crippen molar-refractivity contribution in [1.82, 2.24) is 14.7 Å². The monoisotopic (exact) mass is 295 g/mol. The molecule has 3 nitrogen and oxygen atoms in total. The predicted molar refractivity (Wildman–Crippen MR) is 75.4 cm³/mol. The number of benzene rings is 1. The van der Waals surface area contributed by atoms with Crippen LogP contribution in [-0.2, 0) is 13.6 Å². The number of aromatic nitrogens is 2. The number of para-hydroxylation sites is 1. The van der Waals surface area contributed by atoms with E-state index in [1.54, 1.807) is 0 Å². The molecule has 1 heterocycles. The molecule has 0 bridgehead atoms. The molecule has 0 amide bonds. The van der Waals surface area contributed by atoms with Crippen LogP contribution in [0.5, 0.6) is 0 Å². The van der Waals surface area contributed by atoms with Crippen LogP contribution in [0.15, 0.2) is 24.3 Å². The third-order valence-electron chi connectivity index (χ3n) is 3.21. The lowest BCUT2D eigenvalue weighted by Crippen LogP contribution is -2.29. The molecule has 2 aromatic rings. The SMILES string of the molecule is CC(CBr)N(C)Cc1nn(C)c2ccccc12. The second-order valence-corrected chi connectivity index (χ2v) is 5.15. The van der Waals surface area contributed by atoms with Crippen molar-refractivity contribution in [2.24, 2.45) is 7.05 Å². The first-order valence-corrected chi connectivity index (χ1v) is 6.92. The number of rotatable bonds is 4. The van der Waals surface area contributed by atoms with Crippen molar-refractivity contribution >= 4 is 26.8 Å². The summed E-state index contributed by atoms with van der Waals surface area (Å²) in [4.78, 5) is 2.31. The average Bonchev–Trinajstić information content (AvgIpc) is 2.66. The van der Waals surface area contributed by atoms with Gasteiger partial charge in [0, 0.05) is 30.4 Å². The minimum atomic E-state index is 0.510. The van der Waals surface area contributed by atoms with Crippen molar-refractivity contribution in [1.29, 1.82) is 0 Å². The molecule has 0 aliphatic carbocycles. The third-order valence-corrected chi connectivity index (χ3v) is 4.15. The second-order valence-electron chi connectivity index (χ2n) is 4.51. The Kier molecular flexibility index (Phi) is 3.84. The molecule has 1 aromatic carbocycles. The molecule has 92 valence electrons. The minimum absolute atomic E-state index is 0.510. The van der Waals surface area contributed by atoms with Gasteiger partial charge in [-0.05, 0) is 20.0 Å². The van der Waals surface area contributed by atoms with Crippen LogP contribution >= 0.6 is 15.9 Å². The number of halogens is 1. The van der Waals surface area contributed by atoms with Gasteiger partial charge in [-0.25, -0.2) is 0 Å². The highest BCUT2D eigenvalue weighted by atomic mass is 79.9. The standard InChI is InChI=1S/C13H18BrN3/c1-10(8-14)16(2)9-12-11-6-4-5-7-13(11)17(3)15-12/h4-7,10H,8-9H2,1-3H3. The highest BCUT2D eigenvalue weighted by Crippen LogP contribution is 2.19.